The third kappa shape index (κ3) is 1.95. The molecule has 1 unspecified atom stereocenters. The maximum absolute atomic E-state index is 13.1. The summed E-state index contributed by atoms with van der Waals surface area (Å²) in [5, 5.41) is 0. The maximum Gasteiger partial charge on any atom is 0.246 e. The van der Waals surface area contributed by atoms with Gasteiger partial charge in [0, 0.05) is 0 Å². The summed E-state index contributed by atoms with van der Waals surface area (Å²) >= 11 is 0. The summed E-state index contributed by atoms with van der Waals surface area (Å²) in [4.78, 5) is 0. The molecule has 0 spiro atoms. The molecule has 0 aliphatic carbocycles. The van der Waals surface area contributed by atoms with Crippen LogP contribution in [0, 0.1) is 0 Å². The first-order valence-electron chi connectivity index (χ1n) is 3.19. The lowest BCUT2D eigenvalue weighted by molar-refractivity contribution is 0.727. The Morgan fingerprint density at radius 3 is 1.88 bits per heavy atom. The van der Waals surface area contributed by atoms with Crippen LogP contribution in [0.15, 0.2) is 0 Å². The highest BCUT2D eigenvalue weighted by Gasteiger charge is 2.28. The van der Waals surface area contributed by atoms with Gasteiger partial charge in [-0.25, -0.2) is 0 Å². The van der Waals surface area contributed by atoms with E-state index in [1.54, 1.807) is 6.55 Å². The van der Waals surface area contributed by atoms with Crippen molar-refractivity contribution in [3.63, 3.8) is 0 Å². The van der Waals surface area contributed by atoms with Gasteiger partial charge in [-0.1, -0.05) is 20.8 Å². The smallest absolute Gasteiger partial charge is 0.246 e. The Hall–Kier alpha value is 0.147. The van der Waals surface area contributed by atoms with Crippen LogP contribution in [0.5, 0.6) is 0 Å². The second-order valence-electron chi connectivity index (χ2n) is 2.79. The predicted molar refractivity (Wildman–Crippen MR) is 38.3 cm³/mol. The van der Waals surface area contributed by atoms with Crippen LogP contribution in [-0.4, -0.2) is 8.41 Å². The van der Waals surface area contributed by atoms with Gasteiger partial charge in [0.15, 0.2) is 0 Å². The molecule has 0 heterocycles. The molecular weight excluding hydrogens is 119 g/mol. The molecule has 0 saturated carbocycles. The van der Waals surface area contributed by atoms with Gasteiger partial charge in [0.2, 0.25) is 8.41 Å². The lowest BCUT2D eigenvalue weighted by Gasteiger charge is -2.18. The second-order valence-corrected chi connectivity index (χ2v) is 7.20. The Morgan fingerprint density at radius 2 is 1.88 bits per heavy atom. The zero-order valence-electron chi connectivity index (χ0n) is 6.16. The van der Waals surface area contributed by atoms with E-state index in [9.17, 15) is 4.11 Å². The van der Waals surface area contributed by atoms with Crippen LogP contribution >= 0.6 is 0 Å². The van der Waals surface area contributed by atoms with Gasteiger partial charge in [0.05, 0.1) is 0 Å². The summed E-state index contributed by atoms with van der Waals surface area (Å²) in [6.45, 7) is 7.66. The first kappa shape index (κ1) is 8.15. The Morgan fingerprint density at radius 1 is 1.50 bits per heavy atom. The third-order valence-electron chi connectivity index (χ3n) is 1.90. The van der Waals surface area contributed by atoms with Crippen LogP contribution in [-0.2, 0) is 0 Å². The highest BCUT2D eigenvalue weighted by atomic mass is 28.4. The quantitative estimate of drug-likeness (QED) is 0.402. The predicted octanol–water partition coefficient (Wildman–Crippen LogP) is 2.96. The normalized spacial score (nSPS) is 18.8. The summed E-state index contributed by atoms with van der Waals surface area (Å²) in [7, 11) is -2.25. The Kier molecular flexibility index (Phi) is 2.67. The van der Waals surface area contributed by atoms with Crippen LogP contribution < -0.4 is 0 Å². The minimum atomic E-state index is -2.25. The molecule has 0 saturated heterocycles. The SMILES string of the molecule is CC[Si](C)(F)C(C)C. The molecule has 0 rings (SSSR count). The summed E-state index contributed by atoms with van der Waals surface area (Å²) in [6.07, 6.45) is 0. The highest BCUT2D eigenvalue weighted by molar-refractivity contribution is 6.73. The van der Waals surface area contributed by atoms with E-state index < -0.39 is 8.41 Å². The lowest BCUT2D eigenvalue weighted by atomic mass is 10.6. The molecule has 8 heavy (non-hydrogen) atoms. The largest absolute Gasteiger partial charge is 0.314 e. The van der Waals surface area contributed by atoms with Gasteiger partial charge >= 0.3 is 0 Å². The molecule has 0 aromatic heterocycles. The molecule has 0 amide bonds. The van der Waals surface area contributed by atoms with Crippen molar-refractivity contribution < 1.29 is 4.11 Å². The minimum absolute atomic E-state index is 0.285. The Bertz CT molecular complexity index is 68.9. The molecule has 0 aromatic carbocycles. The molecule has 0 radical (unpaired) electrons. The lowest BCUT2D eigenvalue weighted by Crippen LogP contribution is -2.26. The summed E-state index contributed by atoms with van der Waals surface area (Å²) in [6, 6.07) is 0.755. The summed E-state index contributed by atoms with van der Waals surface area (Å²) < 4.78 is 13.1. The fraction of sp³-hybridized carbons (Fsp3) is 1.00. The molecular formula is C6H15FSi. The average Bonchev–Trinajstić information content (AvgIpc) is 1.67. The van der Waals surface area contributed by atoms with E-state index in [0.717, 1.165) is 6.04 Å². The Balaban J connectivity index is 3.71. The van der Waals surface area contributed by atoms with E-state index in [4.69, 9.17) is 0 Å². The molecule has 0 nitrogen and oxygen atoms in total. The molecule has 1 atom stereocenters. The van der Waals surface area contributed by atoms with Crippen molar-refractivity contribution in [2.45, 2.75) is 38.9 Å². The molecule has 0 N–H and O–H groups in total. The molecule has 0 bridgehead atoms. The first-order valence-corrected chi connectivity index (χ1v) is 5.86. The van der Waals surface area contributed by atoms with Crippen LogP contribution in [0.3, 0.4) is 0 Å². The van der Waals surface area contributed by atoms with Gasteiger partial charge in [-0.05, 0) is 18.1 Å². The van der Waals surface area contributed by atoms with Crippen molar-refractivity contribution in [2.75, 3.05) is 0 Å². The first-order chi connectivity index (χ1) is 3.50. The van der Waals surface area contributed by atoms with Gasteiger partial charge in [0.25, 0.3) is 0 Å². The summed E-state index contributed by atoms with van der Waals surface area (Å²) in [5.41, 5.74) is 0.285. The number of hydrogen-bond donors (Lipinski definition) is 0. The molecule has 0 aliphatic rings. The van der Waals surface area contributed by atoms with Crippen LogP contribution in [0.1, 0.15) is 20.8 Å². The van der Waals surface area contributed by atoms with E-state index in [1.165, 1.54) is 0 Å². The second kappa shape index (κ2) is 2.62. The van der Waals surface area contributed by atoms with Crippen molar-refractivity contribution in [3.8, 4) is 0 Å². The van der Waals surface area contributed by atoms with Gasteiger partial charge in [-0.2, -0.15) is 0 Å². The van der Waals surface area contributed by atoms with E-state index in [-0.39, 0.29) is 5.54 Å². The van der Waals surface area contributed by atoms with E-state index in [2.05, 4.69) is 0 Å². The number of rotatable bonds is 2. The molecule has 0 aliphatic heterocycles. The van der Waals surface area contributed by atoms with E-state index >= 15 is 0 Å². The third-order valence-corrected chi connectivity index (χ3v) is 5.69. The minimum Gasteiger partial charge on any atom is -0.314 e. The fourth-order valence-corrected chi connectivity index (χ4v) is 1.22. The standard InChI is InChI=1S/C6H15FSi/c1-5-8(4,7)6(2)3/h6H,5H2,1-4H3. The van der Waals surface area contributed by atoms with Gasteiger partial charge in [0.1, 0.15) is 0 Å². The number of hydrogen-bond acceptors (Lipinski definition) is 0. The fourth-order valence-electron chi connectivity index (χ4n) is 0.408. The summed E-state index contributed by atoms with van der Waals surface area (Å²) in [5.74, 6) is 0. The maximum atomic E-state index is 13.1. The molecule has 2 heteroatoms. The number of halogens is 1. The van der Waals surface area contributed by atoms with Crippen LogP contribution in [0.2, 0.25) is 18.1 Å². The van der Waals surface area contributed by atoms with E-state index in [1.807, 2.05) is 20.8 Å². The zero-order chi connectivity index (χ0) is 6.78. The molecule has 0 aromatic rings. The van der Waals surface area contributed by atoms with Crippen molar-refractivity contribution in [1.82, 2.24) is 0 Å². The van der Waals surface area contributed by atoms with Crippen molar-refractivity contribution >= 4 is 8.41 Å². The zero-order valence-corrected chi connectivity index (χ0v) is 7.16. The van der Waals surface area contributed by atoms with E-state index in [0.29, 0.717) is 0 Å². The average molecular weight is 134 g/mol. The van der Waals surface area contributed by atoms with Crippen molar-refractivity contribution in [3.05, 3.63) is 0 Å². The van der Waals surface area contributed by atoms with Crippen LogP contribution in [0.25, 0.3) is 0 Å². The van der Waals surface area contributed by atoms with Crippen LogP contribution in [0.4, 0.5) is 4.11 Å². The molecule has 50 valence electrons. The Labute approximate surface area is 52.3 Å². The van der Waals surface area contributed by atoms with Gasteiger partial charge < -0.3 is 4.11 Å². The monoisotopic (exact) mass is 134 g/mol. The highest BCUT2D eigenvalue weighted by Crippen LogP contribution is 2.24. The van der Waals surface area contributed by atoms with Gasteiger partial charge in [-0.3, -0.25) is 0 Å². The molecule has 0 fully saturated rings. The van der Waals surface area contributed by atoms with Crippen molar-refractivity contribution in [2.24, 2.45) is 0 Å². The van der Waals surface area contributed by atoms with Gasteiger partial charge in [-0.15, -0.1) is 0 Å². The van der Waals surface area contributed by atoms with Crippen molar-refractivity contribution in [1.29, 1.82) is 0 Å². The topological polar surface area (TPSA) is 0 Å².